The molecule has 2 aromatic carbocycles. The summed E-state index contributed by atoms with van der Waals surface area (Å²) in [7, 11) is 0. The number of anilines is 1. The predicted octanol–water partition coefficient (Wildman–Crippen LogP) is 4.23. The number of benzene rings is 2. The standard InChI is InChI=1S/C21H24N2O3/c1-16-12-13-23(20(24)14-16)15-19(17-8-4-2-5-9-17)26-21(25)22-18-10-6-3-7-11-18/h2-11,16,19H,12-15H2,1H3,(H,22,25). The van der Waals surface area contributed by atoms with Gasteiger partial charge in [-0.15, -0.1) is 0 Å². The van der Waals surface area contributed by atoms with Gasteiger partial charge in [0, 0.05) is 18.7 Å². The lowest BCUT2D eigenvalue weighted by Gasteiger charge is -2.33. The highest BCUT2D eigenvalue weighted by atomic mass is 16.6. The van der Waals surface area contributed by atoms with Crippen molar-refractivity contribution in [1.82, 2.24) is 4.90 Å². The van der Waals surface area contributed by atoms with Crippen LogP contribution in [0.15, 0.2) is 60.7 Å². The van der Waals surface area contributed by atoms with Gasteiger partial charge in [-0.1, -0.05) is 55.5 Å². The zero-order chi connectivity index (χ0) is 18.4. The number of carbonyl (C=O) groups excluding carboxylic acids is 2. The van der Waals surface area contributed by atoms with Crippen molar-refractivity contribution in [2.24, 2.45) is 5.92 Å². The molecule has 0 bridgehead atoms. The summed E-state index contributed by atoms with van der Waals surface area (Å²) in [5.74, 6) is 0.535. The van der Waals surface area contributed by atoms with Crippen LogP contribution in [-0.2, 0) is 9.53 Å². The highest BCUT2D eigenvalue weighted by Crippen LogP contribution is 2.24. The van der Waals surface area contributed by atoms with E-state index in [9.17, 15) is 9.59 Å². The Balaban J connectivity index is 1.69. The first-order chi connectivity index (χ1) is 12.6. The highest BCUT2D eigenvalue weighted by molar-refractivity contribution is 5.84. The molecule has 0 spiro atoms. The Morgan fingerprint density at radius 3 is 2.46 bits per heavy atom. The van der Waals surface area contributed by atoms with E-state index in [1.165, 1.54) is 0 Å². The number of nitrogens with zero attached hydrogens (tertiary/aromatic N) is 1. The summed E-state index contributed by atoms with van der Waals surface area (Å²) in [6, 6.07) is 18.7. The number of para-hydroxylation sites is 1. The second-order valence-corrected chi connectivity index (χ2v) is 6.73. The minimum Gasteiger partial charge on any atom is -0.439 e. The summed E-state index contributed by atoms with van der Waals surface area (Å²) in [6.07, 6.45) is 0.501. The molecular weight excluding hydrogens is 328 g/mol. The van der Waals surface area contributed by atoms with E-state index in [0.717, 1.165) is 12.0 Å². The van der Waals surface area contributed by atoms with Gasteiger partial charge in [0.15, 0.2) is 0 Å². The Morgan fingerprint density at radius 1 is 1.15 bits per heavy atom. The number of nitrogens with one attached hydrogen (secondary N) is 1. The first kappa shape index (κ1) is 18.0. The summed E-state index contributed by atoms with van der Waals surface area (Å²) in [6.45, 7) is 3.17. The molecule has 2 aromatic rings. The number of ether oxygens (including phenoxy) is 1. The van der Waals surface area contributed by atoms with Crippen molar-refractivity contribution in [2.45, 2.75) is 25.9 Å². The molecule has 26 heavy (non-hydrogen) atoms. The predicted molar refractivity (Wildman–Crippen MR) is 101 cm³/mol. The Hall–Kier alpha value is -2.82. The fourth-order valence-electron chi connectivity index (χ4n) is 3.10. The molecular formula is C21H24N2O3. The Kier molecular flexibility index (Phi) is 5.89. The number of likely N-dealkylation sites (tertiary alicyclic amines) is 1. The molecule has 136 valence electrons. The first-order valence-electron chi connectivity index (χ1n) is 8.97. The normalized spacial score (nSPS) is 18.3. The average Bonchev–Trinajstić information content (AvgIpc) is 2.65. The molecule has 2 amide bonds. The molecule has 1 aliphatic heterocycles. The lowest BCUT2D eigenvalue weighted by Crippen LogP contribution is -2.41. The number of hydrogen-bond acceptors (Lipinski definition) is 3. The minimum absolute atomic E-state index is 0.122. The van der Waals surface area contributed by atoms with Gasteiger partial charge in [0.25, 0.3) is 0 Å². The maximum atomic E-state index is 12.3. The summed E-state index contributed by atoms with van der Waals surface area (Å²) < 4.78 is 5.67. The second kappa shape index (κ2) is 8.52. The Labute approximate surface area is 154 Å². The Bertz CT molecular complexity index is 733. The van der Waals surface area contributed by atoms with E-state index in [2.05, 4.69) is 12.2 Å². The summed E-state index contributed by atoms with van der Waals surface area (Å²) in [5, 5.41) is 2.73. The molecule has 0 aliphatic carbocycles. The van der Waals surface area contributed by atoms with E-state index in [-0.39, 0.29) is 5.91 Å². The molecule has 0 saturated carbocycles. The fraction of sp³-hybridized carbons (Fsp3) is 0.333. The molecule has 0 aromatic heterocycles. The van der Waals surface area contributed by atoms with Gasteiger partial charge in [0.2, 0.25) is 5.91 Å². The van der Waals surface area contributed by atoms with Crippen LogP contribution in [0, 0.1) is 5.92 Å². The number of amides is 2. The third kappa shape index (κ3) is 4.85. The van der Waals surface area contributed by atoms with E-state index in [4.69, 9.17) is 4.74 Å². The third-order valence-corrected chi connectivity index (χ3v) is 4.59. The van der Waals surface area contributed by atoms with Crippen molar-refractivity contribution in [1.29, 1.82) is 0 Å². The fourth-order valence-corrected chi connectivity index (χ4v) is 3.10. The van der Waals surface area contributed by atoms with Gasteiger partial charge in [-0.25, -0.2) is 4.79 Å². The van der Waals surface area contributed by atoms with E-state index >= 15 is 0 Å². The molecule has 1 saturated heterocycles. The minimum atomic E-state index is -0.525. The van der Waals surface area contributed by atoms with Gasteiger partial charge in [0.05, 0.1) is 6.54 Å². The largest absolute Gasteiger partial charge is 0.439 e. The van der Waals surface area contributed by atoms with Crippen LogP contribution >= 0.6 is 0 Å². The summed E-state index contributed by atoms with van der Waals surface area (Å²) in [4.78, 5) is 26.5. The van der Waals surface area contributed by atoms with Crippen LogP contribution in [0.2, 0.25) is 0 Å². The number of carbonyl (C=O) groups is 2. The average molecular weight is 352 g/mol. The van der Waals surface area contributed by atoms with Crippen molar-refractivity contribution in [3.05, 3.63) is 66.2 Å². The van der Waals surface area contributed by atoms with Gasteiger partial charge in [-0.3, -0.25) is 10.1 Å². The van der Waals surface area contributed by atoms with Gasteiger partial charge in [0.1, 0.15) is 6.10 Å². The van der Waals surface area contributed by atoms with E-state index in [1.807, 2.05) is 48.5 Å². The van der Waals surface area contributed by atoms with Crippen molar-refractivity contribution >= 4 is 17.7 Å². The molecule has 0 radical (unpaired) electrons. The van der Waals surface area contributed by atoms with Crippen LogP contribution in [0.5, 0.6) is 0 Å². The molecule has 1 aliphatic rings. The summed E-state index contributed by atoms with van der Waals surface area (Å²) in [5.41, 5.74) is 1.55. The highest BCUT2D eigenvalue weighted by Gasteiger charge is 2.27. The molecule has 2 atom stereocenters. The van der Waals surface area contributed by atoms with E-state index < -0.39 is 12.2 Å². The lowest BCUT2D eigenvalue weighted by atomic mass is 9.97. The van der Waals surface area contributed by atoms with Gasteiger partial charge >= 0.3 is 6.09 Å². The monoisotopic (exact) mass is 352 g/mol. The van der Waals surface area contributed by atoms with Crippen LogP contribution in [0.4, 0.5) is 10.5 Å². The van der Waals surface area contributed by atoms with Crippen LogP contribution in [0.3, 0.4) is 0 Å². The topological polar surface area (TPSA) is 58.6 Å². The number of piperidine rings is 1. The van der Waals surface area contributed by atoms with Crippen LogP contribution in [0.1, 0.15) is 31.4 Å². The molecule has 1 N–H and O–H groups in total. The maximum Gasteiger partial charge on any atom is 0.412 e. The molecule has 5 nitrogen and oxygen atoms in total. The second-order valence-electron chi connectivity index (χ2n) is 6.73. The zero-order valence-corrected chi connectivity index (χ0v) is 14.9. The van der Waals surface area contributed by atoms with E-state index in [1.54, 1.807) is 17.0 Å². The molecule has 2 unspecified atom stereocenters. The van der Waals surface area contributed by atoms with Crippen LogP contribution in [-0.4, -0.2) is 30.0 Å². The van der Waals surface area contributed by atoms with Crippen molar-refractivity contribution < 1.29 is 14.3 Å². The molecule has 1 heterocycles. The zero-order valence-electron chi connectivity index (χ0n) is 14.9. The van der Waals surface area contributed by atoms with Gasteiger partial charge < -0.3 is 9.64 Å². The van der Waals surface area contributed by atoms with Gasteiger partial charge in [-0.2, -0.15) is 0 Å². The number of hydrogen-bond donors (Lipinski definition) is 1. The first-order valence-corrected chi connectivity index (χ1v) is 8.97. The Morgan fingerprint density at radius 2 is 1.81 bits per heavy atom. The summed E-state index contributed by atoms with van der Waals surface area (Å²) >= 11 is 0. The molecule has 3 rings (SSSR count). The van der Waals surface area contributed by atoms with Crippen LogP contribution < -0.4 is 5.32 Å². The number of rotatable bonds is 5. The third-order valence-electron chi connectivity index (χ3n) is 4.59. The van der Waals surface area contributed by atoms with Crippen molar-refractivity contribution in [3.63, 3.8) is 0 Å². The van der Waals surface area contributed by atoms with Crippen LogP contribution in [0.25, 0.3) is 0 Å². The van der Waals surface area contributed by atoms with Crippen molar-refractivity contribution in [2.75, 3.05) is 18.4 Å². The quantitative estimate of drug-likeness (QED) is 0.876. The molecule has 1 fully saturated rings. The van der Waals surface area contributed by atoms with Crippen molar-refractivity contribution in [3.8, 4) is 0 Å². The SMILES string of the molecule is CC1CCN(CC(OC(=O)Nc2ccccc2)c2ccccc2)C(=O)C1. The smallest absolute Gasteiger partial charge is 0.412 e. The maximum absolute atomic E-state index is 12.3. The molecule has 5 heteroatoms. The van der Waals surface area contributed by atoms with E-state index in [0.29, 0.717) is 31.1 Å². The lowest BCUT2D eigenvalue weighted by molar-refractivity contribution is -0.136. The van der Waals surface area contributed by atoms with Gasteiger partial charge in [-0.05, 0) is 30.0 Å².